The number of hydrogen-bond acceptors (Lipinski definition) is 3. The van der Waals surface area contributed by atoms with Crippen molar-refractivity contribution in [2.24, 2.45) is 0 Å². The second kappa shape index (κ2) is 14.7. The highest BCUT2D eigenvalue weighted by molar-refractivity contribution is 6.17. The quantitative estimate of drug-likeness (QED) is 0.161. The van der Waals surface area contributed by atoms with Crippen LogP contribution < -0.4 is 0 Å². The Kier molecular flexibility index (Phi) is 8.46. The van der Waals surface area contributed by atoms with Gasteiger partial charge in [0.15, 0.2) is 5.82 Å². The lowest BCUT2D eigenvalue weighted by atomic mass is 9.92. The normalized spacial score (nSPS) is 11.5. The van der Waals surface area contributed by atoms with E-state index in [1.54, 1.807) is 0 Å². The number of hydrogen-bond donors (Lipinski definition) is 0. The number of benzene rings is 9. The summed E-state index contributed by atoms with van der Waals surface area (Å²) in [6.45, 7) is 0. The average molecular weight is 792 g/mol. The first-order valence-electron chi connectivity index (χ1n) is 21.0. The Balaban J connectivity index is 1.12. The van der Waals surface area contributed by atoms with Crippen molar-refractivity contribution in [2.45, 2.75) is 0 Å². The van der Waals surface area contributed by atoms with Gasteiger partial charge in [0, 0.05) is 49.5 Å². The molecule has 0 fully saturated rings. The van der Waals surface area contributed by atoms with Crippen LogP contribution in [0.3, 0.4) is 0 Å². The van der Waals surface area contributed by atoms with Gasteiger partial charge in [0.05, 0.1) is 22.4 Å². The van der Waals surface area contributed by atoms with Gasteiger partial charge < -0.3 is 8.98 Å². The molecule has 0 radical (unpaired) electrons. The molecule has 12 aromatic rings. The van der Waals surface area contributed by atoms with Crippen LogP contribution in [-0.2, 0) is 0 Å². The van der Waals surface area contributed by atoms with Crippen LogP contribution in [0.4, 0.5) is 0 Å². The van der Waals surface area contributed by atoms with Crippen LogP contribution in [0.25, 0.3) is 117 Å². The van der Waals surface area contributed by atoms with Gasteiger partial charge in [-0.15, -0.1) is 0 Å². The fourth-order valence-corrected chi connectivity index (χ4v) is 9.09. The lowest BCUT2D eigenvalue weighted by molar-refractivity contribution is 0.670. The van der Waals surface area contributed by atoms with Crippen LogP contribution in [0.5, 0.6) is 0 Å². The van der Waals surface area contributed by atoms with Crippen molar-refractivity contribution in [3.05, 3.63) is 224 Å². The molecule has 0 unspecified atom stereocenters. The van der Waals surface area contributed by atoms with Gasteiger partial charge in [-0.2, -0.15) is 0 Å². The first-order chi connectivity index (χ1) is 30.7. The molecule has 4 nitrogen and oxygen atoms in total. The van der Waals surface area contributed by atoms with E-state index in [2.05, 4.69) is 205 Å². The summed E-state index contributed by atoms with van der Waals surface area (Å²) in [5.74, 6) is 0.675. The number of aromatic nitrogens is 3. The predicted molar refractivity (Wildman–Crippen MR) is 256 cm³/mol. The molecule has 0 bridgehead atoms. The molecule has 0 saturated heterocycles. The molecule has 0 N–H and O–H groups in total. The van der Waals surface area contributed by atoms with E-state index in [1.807, 2.05) is 24.3 Å². The third-order valence-electron chi connectivity index (χ3n) is 12.0. The zero-order valence-electron chi connectivity index (χ0n) is 33.6. The highest BCUT2D eigenvalue weighted by Gasteiger charge is 2.21. The molecule has 3 heterocycles. The summed E-state index contributed by atoms with van der Waals surface area (Å²) in [6, 6.07) is 79.2. The van der Waals surface area contributed by atoms with Crippen molar-refractivity contribution >= 4 is 43.7 Å². The Morgan fingerprint density at radius 1 is 0.339 bits per heavy atom. The van der Waals surface area contributed by atoms with E-state index in [0.717, 1.165) is 83.5 Å². The molecule has 0 spiro atoms. The minimum atomic E-state index is 0.675. The number of nitrogens with zero attached hydrogens (tertiary/aromatic N) is 3. The fraction of sp³-hybridized carbons (Fsp3) is 0. The third-order valence-corrected chi connectivity index (χ3v) is 12.0. The molecule has 0 aliphatic rings. The van der Waals surface area contributed by atoms with Gasteiger partial charge in [-0.05, 0) is 88.5 Å². The minimum Gasteiger partial charge on any atom is -0.455 e. The summed E-state index contributed by atoms with van der Waals surface area (Å²) in [7, 11) is 0. The molecule has 0 atom stereocenters. The van der Waals surface area contributed by atoms with Gasteiger partial charge in [-0.1, -0.05) is 164 Å². The van der Waals surface area contributed by atoms with Crippen molar-refractivity contribution < 1.29 is 4.42 Å². The Morgan fingerprint density at radius 2 is 0.935 bits per heavy atom. The molecule has 9 aromatic carbocycles. The summed E-state index contributed by atoms with van der Waals surface area (Å²) < 4.78 is 9.36. The lowest BCUT2D eigenvalue weighted by Gasteiger charge is -2.12. The summed E-state index contributed by atoms with van der Waals surface area (Å²) in [5.41, 5.74) is 16.5. The van der Waals surface area contributed by atoms with E-state index < -0.39 is 0 Å². The molecule has 0 aliphatic carbocycles. The van der Waals surface area contributed by atoms with Crippen LogP contribution >= 0.6 is 0 Å². The zero-order valence-corrected chi connectivity index (χ0v) is 33.6. The molecule has 0 saturated carbocycles. The average Bonchev–Trinajstić information content (AvgIpc) is 3.90. The monoisotopic (exact) mass is 791 g/mol. The number of fused-ring (bicyclic) bond motifs is 6. The topological polar surface area (TPSA) is 43.9 Å². The molecule has 0 aliphatic heterocycles. The molecular weight excluding hydrogens is 755 g/mol. The molecule has 290 valence electrons. The first-order valence-corrected chi connectivity index (χ1v) is 21.0. The van der Waals surface area contributed by atoms with Crippen LogP contribution in [0, 0.1) is 0 Å². The summed E-state index contributed by atoms with van der Waals surface area (Å²) in [6.07, 6.45) is 0. The predicted octanol–water partition coefficient (Wildman–Crippen LogP) is 15.5. The zero-order chi connectivity index (χ0) is 41.0. The Hall–Kier alpha value is -8.34. The van der Waals surface area contributed by atoms with Gasteiger partial charge >= 0.3 is 0 Å². The van der Waals surface area contributed by atoms with Crippen molar-refractivity contribution in [3.8, 4) is 73.0 Å². The van der Waals surface area contributed by atoms with Crippen molar-refractivity contribution in [1.29, 1.82) is 0 Å². The van der Waals surface area contributed by atoms with E-state index in [4.69, 9.17) is 14.4 Å². The third kappa shape index (κ3) is 6.08. The molecule has 12 rings (SSSR count). The molecule has 0 amide bonds. The van der Waals surface area contributed by atoms with Crippen molar-refractivity contribution in [1.82, 2.24) is 14.5 Å². The van der Waals surface area contributed by atoms with E-state index in [9.17, 15) is 0 Å². The first kappa shape index (κ1) is 35.6. The Morgan fingerprint density at radius 3 is 1.73 bits per heavy atom. The minimum absolute atomic E-state index is 0.675. The maximum absolute atomic E-state index is 7.00. The smallest absolute Gasteiger partial charge is 0.160 e. The largest absolute Gasteiger partial charge is 0.455 e. The second-order valence-electron chi connectivity index (χ2n) is 15.7. The van der Waals surface area contributed by atoms with Crippen LogP contribution in [0.2, 0.25) is 0 Å². The molecular formula is C58H37N3O. The number of para-hydroxylation sites is 2. The van der Waals surface area contributed by atoms with Crippen molar-refractivity contribution in [3.63, 3.8) is 0 Å². The van der Waals surface area contributed by atoms with Gasteiger partial charge in [0.25, 0.3) is 0 Å². The summed E-state index contributed by atoms with van der Waals surface area (Å²) in [5, 5.41) is 4.47. The Labute approximate surface area is 358 Å². The van der Waals surface area contributed by atoms with E-state index >= 15 is 0 Å². The molecule has 62 heavy (non-hydrogen) atoms. The summed E-state index contributed by atoms with van der Waals surface area (Å²) in [4.78, 5) is 10.4. The lowest BCUT2D eigenvalue weighted by Crippen LogP contribution is -1.96. The van der Waals surface area contributed by atoms with E-state index in [1.165, 1.54) is 27.4 Å². The fourth-order valence-electron chi connectivity index (χ4n) is 9.09. The van der Waals surface area contributed by atoms with Gasteiger partial charge in [-0.3, -0.25) is 0 Å². The van der Waals surface area contributed by atoms with E-state index in [0.29, 0.717) is 5.82 Å². The molecule has 4 heteroatoms. The maximum Gasteiger partial charge on any atom is 0.160 e. The van der Waals surface area contributed by atoms with Gasteiger partial charge in [-0.25, -0.2) is 9.97 Å². The highest BCUT2D eigenvalue weighted by Crippen LogP contribution is 2.45. The van der Waals surface area contributed by atoms with E-state index in [-0.39, 0.29) is 0 Å². The maximum atomic E-state index is 7.00. The van der Waals surface area contributed by atoms with Crippen LogP contribution in [0.15, 0.2) is 229 Å². The molecule has 3 aromatic heterocycles. The number of furan rings is 1. The SMILES string of the molecule is c1ccc(-c2cccc(-c3cc(-c4ccc5c(c4)c4ccccc4n5-c4ccccc4)cc4c3oc3cccc(-c5cc(-c6ccccc6)nc(-c6ccccc6)n5)c34)c2)cc1. The van der Waals surface area contributed by atoms with Crippen LogP contribution in [0.1, 0.15) is 0 Å². The van der Waals surface area contributed by atoms with Gasteiger partial charge in [0.2, 0.25) is 0 Å². The van der Waals surface area contributed by atoms with Crippen LogP contribution in [-0.4, -0.2) is 14.5 Å². The highest BCUT2D eigenvalue weighted by atomic mass is 16.3. The Bertz CT molecular complexity index is 3550. The van der Waals surface area contributed by atoms with Crippen molar-refractivity contribution in [2.75, 3.05) is 0 Å². The van der Waals surface area contributed by atoms with Gasteiger partial charge in [0.1, 0.15) is 11.2 Å². The summed E-state index contributed by atoms with van der Waals surface area (Å²) >= 11 is 0. The second-order valence-corrected chi connectivity index (χ2v) is 15.7. The number of rotatable bonds is 7. The standard InChI is InChI=1S/C58H37N3O/c1-5-17-38(18-6-1)41-23-15-24-43(33-41)48-35-44(42-31-32-54-49(34-42)46-27-13-14-29-53(46)61(54)45-25-11-4-12-26-45)36-50-56-47(28-16-30-55(56)62-57(48)50)52-37-51(39-19-7-2-8-20-39)59-58(60-52)40-21-9-3-10-22-40/h1-37H.